The topological polar surface area (TPSA) is 169 Å². The zero-order valence-corrected chi connectivity index (χ0v) is 22.3. The van der Waals surface area contributed by atoms with Crippen LogP contribution in [0, 0.1) is 0 Å². The van der Waals surface area contributed by atoms with Crippen molar-refractivity contribution in [3.63, 3.8) is 0 Å². The molecule has 2 aromatic rings. The first kappa shape index (κ1) is 27.7. The number of carbonyl (C=O) groups is 2. The molecule has 12 nitrogen and oxygen atoms in total. The average molecular weight is 526 g/mol. The van der Waals surface area contributed by atoms with Crippen molar-refractivity contribution in [1.82, 2.24) is 24.3 Å². The zero-order chi connectivity index (χ0) is 27.6. The lowest BCUT2D eigenvalue weighted by atomic mass is 10.0. The van der Waals surface area contributed by atoms with Gasteiger partial charge in [-0.15, -0.1) is 0 Å². The van der Waals surface area contributed by atoms with Crippen molar-refractivity contribution in [1.29, 1.82) is 0 Å². The number of likely N-dealkylation sites (tertiary alicyclic amines) is 1. The van der Waals surface area contributed by atoms with E-state index in [0.29, 0.717) is 11.7 Å². The van der Waals surface area contributed by atoms with E-state index in [1.165, 1.54) is 19.9 Å². The fraction of sp³-hybridized carbons (Fsp3) is 0.538. The number of hydrogen-bond donors (Lipinski definition) is 4. The Hall–Kier alpha value is -3.32. The predicted molar refractivity (Wildman–Crippen MR) is 145 cm³/mol. The maximum atomic E-state index is 13.0. The Morgan fingerprint density at radius 1 is 1.05 bits per heavy atom. The highest BCUT2D eigenvalue weighted by Gasteiger charge is 2.38. The first-order chi connectivity index (χ1) is 17.9. The summed E-state index contributed by atoms with van der Waals surface area (Å²) in [5.74, 6) is -0.134. The van der Waals surface area contributed by atoms with E-state index in [4.69, 9.17) is 17.2 Å². The van der Waals surface area contributed by atoms with Gasteiger partial charge in [0.25, 0.3) is 0 Å². The third-order valence-corrected chi connectivity index (χ3v) is 7.14. The monoisotopic (exact) mass is 525 g/mol. The van der Waals surface area contributed by atoms with Crippen LogP contribution in [0.15, 0.2) is 41.3 Å². The van der Waals surface area contributed by atoms with Crippen molar-refractivity contribution in [2.24, 2.45) is 17.2 Å². The summed E-state index contributed by atoms with van der Waals surface area (Å²) < 4.78 is 1.43. The molecule has 7 N–H and O–H groups in total. The van der Waals surface area contributed by atoms with Gasteiger partial charge >= 0.3 is 11.7 Å². The SMILES string of the molecule is C[C@@H]1CN(C(=O)C(C)(C)N)[C@H](N)CN1C(=O)Nc1ccn(-c2ccc(CN3CCC(N)CC3)cc2)c(=O)n1. The van der Waals surface area contributed by atoms with Gasteiger partial charge in [-0.05, 0) is 70.5 Å². The Labute approximate surface area is 222 Å². The molecule has 2 saturated heterocycles. The highest BCUT2D eigenvalue weighted by molar-refractivity contribution is 5.89. The van der Waals surface area contributed by atoms with E-state index in [-0.39, 0.29) is 30.9 Å². The molecular formula is C26H39N9O3. The molecule has 1 aromatic heterocycles. The van der Waals surface area contributed by atoms with Crippen molar-refractivity contribution in [3.05, 3.63) is 52.6 Å². The lowest BCUT2D eigenvalue weighted by Crippen LogP contribution is -2.67. The second-order valence-electron chi connectivity index (χ2n) is 10.9. The van der Waals surface area contributed by atoms with Gasteiger partial charge in [0.1, 0.15) is 5.82 Å². The molecule has 0 radical (unpaired) electrons. The minimum Gasteiger partial charge on any atom is -0.328 e. The minimum absolute atomic E-state index is 0.127. The Kier molecular flexibility index (Phi) is 8.16. The molecule has 1 aromatic carbocycles. The van der Waals surface area contributed by atoms with E-state index in [0.717, 1.165) is 32.5 Å². The summed E-state index contributed by atoms with van der Waals surface area (Å²) in [5, 5.41) is 2.68. The minimum atomic E-state index is -1.06. The molecule has 2 aliphatic rings. The predicted octanol–water partition coefficient (Wildman–Crippen LogP) is 0.242. The molecule has 0 spiro atoms. The van der Waals surface area contributed by atoms with Gasteiger partial charge < -0.3 is 27.0 Å². The lowest BCUT2D eigenvalue weighted by Gasteiger charge is -2.45. The van der Waals surface area contributed by atoms with Crippen molar-refractivity contribution in [2.75, 3.05) is 31.5 Å². The lowest BCUT2D eigenvalue weighted by molar-refractivity contribution is -0.141. The van der Waals surface area contributed by atoms with Crippen LogP contribution in [0.25, 0.3) is 5.69 Å². The number of hydrogen-bond acceptors (Lipinski definition) is 8. The first-order valence-electron chi connectivity index (χ1n) is 13.0. The molecule has 3 heterocycles. The molecule has 38 heavy (non-hydrogen) atoms. The molecule has 2 atom stereocenters. The third kappa shape index (κ3) is 6.38. The molecule has 0 saturated carbocycles. The van der Waals surface area contributed by atoms with Crippen LogP contribution in [0.5, 0.6) is 0 Å². The van der Waals surface area contributed by atoms with Crippen molar-refractivity contribution in [3.8, 4) is 5.69 Å². The van der Waals surface area contributed by atoms with Crippen molar-refractivity contribution >= 4 is 17.8 Å². The van der Waals surface area contributed by atoms with E-state index < -0.39 is 23.4 Å². The van der Waals surface area contributed by atoms with Gasteiger partial charge in [-0.2, -0.15) is 4.98 Å². The van der Waals surface area contributed by atoms with Crippen LogP contribution in [0.3, 0.4) is 0 Å². The number of amides is 3. The quantitative estimate of drug-likeness (QED) is 0.430. The summed E-state index contributed by atoms with van der Waals surface area (Å²) in [6.07, 6.45) is 2.91. The summed E-state index contributed by atoms with van der Waals surface area (Å²) in [5.41, 5.74) is 18.4. The summed E-state index contributed by atoms with van der Waals surface area (Å²) in [6.45, 7) is 8.28. The van der Waals surface area contributed by atoms with Gasteiger partial charge in [0, 0.05) is 31.4 Å². The number of benzene rings is 1. The van der Waals surface area contributed by atoms with Gasteiger partial charge in [-0.1, -0.05) is 12.1 Å². The van der Waals surface area contributed by atoms with Gasteiger partial charge in [0.15, 0.2) is 0 Å². The Morgan fingerprint density at radius 2 is 1.71 bits per heavy atom. The largest absolute Gasteiger partial charge is 0.354 e. The summed E-state index contributed by atoms with van der Waals surface area (Å²) in [7, 11) is 0. The second kappa shape index (κ2) is 11.2. The van der Waals surface area contributed by atoms with E-state index >= 15 is 0 Å². The smallest absolute Gasteiger partial charge is 0.328 e. The molecule has 2 fully saturated rings. The zero-order valence-electron chi connectivity index (χ0n) is 22.3. The number of aromatic nitrogens is 2. The van der Waals surface area contributed by atoms with Crippen LogP contribution in [0.4, 0.5) is 10.6 Å². The average Bonchev–Trinajstić information content (AvgIpc) is 2.86. The number of nitrogens with two attached hydrogens (primary N) is 3. The third-order valence-electron chi connectivity index (χ3n) is 7.14. The van der Waals surface area contributed by atoms with Crippen molar-refractivity contribution < 1.29 is 9.59 Å². The Bertz CT molecular complexity index is 1200. The molecule has 12 heteroatoms. The van der Waals surface area contributed by atoms with Crippen LogP contribution in [0.1, 0.15) is 39.2 Å². The number of nitrogens with one attached hydrogen (secondary N) is 1. The van der Waals surface area contributed by atoms with Crippen LogP contribution in [0.2, 0.25) is 0 Å². The Morgan fingerprint density at radius 3 is 2.32 bits per heavy atom. The van der Waals surface area contributed by atoms with Gasteiger partial charge in [-0.3, -0.25) is 19.6 Å². The number of piperidine rings is 1. The molecule has 4 rings (SSSR count). The van der Waals surface area contributed by atoms with Gasteiger partial charge in [-0.25, -0.2) is 9.59 Å². The molecule has 206 valence electrons. The number of carbonyl (C=O) groups excluding carboxylic acids is 2. The highest BCUT2D eigenvalue weighted by atomic mass is 16.2. The fourth-order valence-corrected chi connectivity index (χ4v) is 4.87. The molecule has 0 bridgehead atoms. The number of rotatable bonds is 5. The van der Waals surface area contributed by atoms with Crippen LogP contribution in [-0.4, -0.2) is 86.2 Å². The van der Waals surface area contributed by atoms with E-state index in [1.54, 1.807) is 26.1 Å². The summed E-state index contributed by atoms with van der Waals surface area (Å²) in [6, 6.07) is 8.91. The Balaban J connectivity index is 1.37. The summed E-state index contributed by atoms with van der Waals surface area (Å²) >= 11 is 0. The fourth-order valence-electron chi connectivity index (χ4n) is 4.87. The molecule has 0 aliphatic carbocycles. The van der Waals surface area contributed by atoms with Crippen LogP contribution >= 0.6 is 0 Å². The van der Waals surface area contributed by atoms with E-state index in [2.05, 4.69) is 15.2 Å². The van der Waals surface area contributed by atoms with Crippen molar-refractivity contribution in [2.45, 2.75) is 63.9 Å². The van der Waals surface area contributed by atoms with Gasteiger partial charge in [0.2, 0.25) is 5.91 Å². The molecule has 2 aliphatic heterocycles. The van der Waals surface area contributed by atoms with Crippen LogP contribution < -0.4 is 28.2 Å². The highest BCUT2D eigenvalue weighted by Crippen LogP contribution is 2.18. The molecule has 0 unspecified atom stereocenters. The second-order valence-corrected chi connectivity index (χ2v) is 10.9. The van der Waals surface area contributed by atoms with E-state index in [9.17, 15) is 14.4 Å². The molecule has 3 amide bonds. The van der Waals surface area contributed by atoms with Crippen LogP contribution in [-0.2, 0) is 11.3 Å². The first-order valence-corrected chi connectivity index (χ1v) is 13.0. The maximum absolute atomic E-state index is 13.0. The summed E-state index contributed by atoms with van der Waals surface area (Å²) in [4.78, 5) is 47.8. The number of piperazine rings is 1. The maximum Gasteiger partial charge on any atom is 0.354 e. The molecular weight excluding hydrogens is 486 g/mol. The number of urea groups is 1. The van der Waals surface area contributed by atoms with Gasteiger partial charge in [0.05, 0.1) is 23.9 Å². The number of anilines is 1. The van der Waals surface area contributed by atoms with E-state index in [1.807, 2.05) is 31.2 Å². The normalized spacial score (nSPS) is 21.4. The standard InChI is InChI=1S/C26H39N9O3/c1-17-14-35(23(36)26(2,3)29)21(28)16-34(17)25(38)31-22-10-13-33(24(37)30-22)20-6-4-18(5-7-20)15-32-11-8-19(27)9-12-32/h4-7,10,13,17,19,21H,8-9,11-12,14-16,27-29H2,1-3H3,(H,30,31,37,38)/t17-,21+/m1/s1. The number of nitrogens with zero attached hydrogens (tertiary/aromatic N) is 5.